The molecule has 2 aromatic heterocycles. The third-order valence-electron chi connectivity index (χ3n) is 15.1. The molecule has 0 spiro atoms. The van der Waals surface area contributed by atoms with Gasteiger partial charge in [-0.1, -0.05) is 0 Å². The summed E-state index contributed by atoms with van der Waals surface area (Å²) in [6, 6.07) is 9.09. The first kappa shape index (κ1) is 43.7. The van der Waals surface area contributed by atoms with Crippen LogP contribution in [-0.4, -0.2) is 105 Å². The molecule has 2 aromatic carbocycles. The molecule has 10 rings (SSSR count). The smallest absolute Gasteiger partial charge is 0.264 e. The summed E-state index contributed by atoms with van der Waals surface area (Å²) in [7, 11) is 1.82. The number of halogens is 2. The Hall–Kier alpha value is -6.23. The van der Waals surface area contributed by atoms with E-state index in [0.717, 1.165) is 111 Å². The molecule has 0 aliphatic carbocycles. The fraction of sp³-hybridized carbons (Fsp3) is 0.490. The second-order valence-corrected chi connectivity index (χ2v) is 19.0. The summed E-state index contributed by atoms with van der Waals surface area (Å²) in [5.41, 5.74) is 20.7. The van der Waals surface area contributed by atoms with Crippen molar-refractivity contribution in [2.45, 2.75) is 96.3 Å². The van der Waals surface area contributed by atoms with Gasteiger partial charge in [0.1, 0.15) is 6.04 Å². The van der Waals surface area contributed by atoms with E-state index in [4.69, 9.17) is 16.6 Å². The number of piperidine rings is 3. The minimum Gasteiger partial charge on any atom is -0.405 e. The molecule has 0 radical (unpaired) electrons. The van der Waals surface area contributed by atoms with Gasteiger partial charge in [-0.3, -0.25) is 29.2 Å². The summed E-state index contributed by atoms with van der Waals surface area (Å²) in [5.74, 6) is 0.496. The lowest BCUT2D eigenvalue weighted by Gasteiger charge is -2.39. The quantitative estimate of drug-likeness (QED) is 0.179. The molecular formula is C49H59F2N11O4. The molecule has 3 fully saturated rings. The van der Waals surface area contributed by atoms with E-state index >= 15 is 8.78 Å². The van der Waals surface area contributed by atoms with Gasteiger partial charge >= 0.3 is 0 Å². The molecule has 4 amide bonds. The summed E-state index contributed by atoms with van der Waals surface area (Å²) in [4.78, 5) is 60.8. The number of amides is 4. The van der Waals surface area contributed by atoms with Gasteiger partial charge in [-0.25, -0.2) is 8.78 Å². The van der Waals surface area contributed by atoms with Gasteiger partial charge in [0.15, 0.2) is 5.82 Å². The fourth-order valence-corrected chi connectivity index (χ4v) is 11.5. The van der Waals surface area contributed by atoms with Crippen LogP contribution in [0.1, 0.15) is 108 Å². The zero-order chi connectivity index (χ0) is 46.0. The highest BCUT2D eigenvalue weighted by Gasteiger charge is 2.40. The second kappa shape index (κ2) is 17.5. The average molecular weight is 904 g/mol. The Morgan fingerprint density at radius 3 is 2.42 bits per heavy atom. The number of imide groups is 1. The van der Waals surface area contributed by atoms with Crippen molar-refractivity contribution >= 4 is 52.6 Å². The Bertz CT molecular complexity index is 2620. The van der Waals surface area contributed by atoms with Crippen molar-refractivity contribution in [3.63, 3.8) is 0 Å². The Kier molecular flexibility index (Phi) is 11.6. The van der Waals surface area contributed by atoms with Crippen molar-refractivity contribution in [1.82, 2.24) is 34.4 Å². The lowest BCUT2D eigenvalue weighted by Crippen LogP contribution is -2.52. The Labute approximate surface area is 383 Å². The molecule has 1 unspecified atom stereocenters. The van der Waals surface area contributed by atoms with E-state index in [9.17, 15) is 19.2 Å². The zero-order valence-corrected chi connectivity index (χ0v) is 37.8. The maximum Gasteiger partial charge on any atom is 0.264 e. The number of benzene rings is 2. The molecule has 17 heteroatoms. The van der Waals surface area contributed by atoms with Gasteiger partial charge in [0.25, 0.3) is 12.3 Å². The SMILES string of the molecule is CC(=O)N1CCc2c(c(N3CCCc4cc(-c5cn(C)c(/C=C\N)c5N)c(C(F)F)cc43)nn2C2CCN(CC3CCN(c4ccc5c(c4)CN(C4CCC(=O)NC4=O)C5=O)CC3)CC2)C1. The normalized spacial score (nSPS) is 21.0. The monoisotopic (exact) mass is 903 g/mol. The van der Waals surface area contributed by atoms with Crippen LogP contribution in [0.15, 0.2) is 42.7 Å². The highest BCUT2D eigenvalue weighted by atomic mass is 19.3. The molecule has 1 atom stereocenters. The van der Waals surface area contributed by atoms with Crippen LogP contribution < -0.4 is 26.6 Å². The Balaban J connectivity index is 0.816. The fourth-order valence-electron chi connectivity index (χ4n) is 11.5. The third kappa shape index (κ3) is 7.87. The van der Waals surface area contributed by atoms with Gasteiger partial charge in [0.2, 0.25) is 17.7 Å². The number of hydrogen-bond acceptors (Lipinski definition) is 10. The zero-order valence-electron chi connectivity index (χ0n) is 37.8. The number of aryl methyl sites for hydroxylation is 2. The summed E-state index contributed by atoms with van der Waals surface area (Å²) >= 11 is 0. The van der Waals surface area contributed by atoms with Gasteiger partial charge in [-0.05, 0) is 110 Å². The van der Waals surface area contributed by atoms with Gasteiger partial charge in [0, 0.05) is 125 Å². The van der Waals surface area contributed by atoms with Crippen molar-refractivity contribution in [3.8, 4) is 11.1 Å². The van der Waals surface area contributed by atoms with Crippen molar-refractivity contribution < 1.29 is 28.0 Å². The number of nitrogens with one attached hydrogen (secondary N) is 1. The van der Waals surface area contributed by atoms with E-state index in [1.54, 1.807) is 34.7 Å². The number of nitrogens with two attached hydrogens (primary N) is 2. The molecule has 15 nitrogen and oxygen atoms in total. The number of likely N-dealkylation sites (tertiary alicyclic amines) is 1. The van der Waals surface area contributed by atoms with E-state index in [0.29, 0.717) is 73.0 Å². The van der Waals surface area contributed by atoms with Gasteiger partial charge < -0.3 is 40.5 Å². The second-order valence-electron chi connectivity index (χ2n) is 19.0. The number of aromatic nitrogens is 3. The Morgan fingerprint density at radius 2 is 1.70 bits per heavy atom. The van der Waals surface area contributed by atoms with Crippen molar-refractivity contribution in [2.75, 3.05) is 61.3 Å². The van der Waals surface area contributed by atoms with E-state index in [1.165, 1.54) is 6.20 Å². The lowest BCUT2D eigenvalue weighted by molar-refractivity contribution is -0.137. The largest absolute Gasteiger partial charge is 0.405 e. The molecule has 6 aliphatic heterocycles. The predicted molar refractivity (Wildman–Crippen MR) is 248 cm³/mol. The van der Waals surface area contributed by atoms with Crippen LogP contribution in [0.4, 0.5) is 31.7 Å². The van der Waals surface area contributed by atoms with Crippen LogP contribution in [0.3, 0.4) is 0 Å². The molecule has 0 bridgehead atoms. The van der Waals surface area contributed by atoms with Gasteiger partial charge in [0.05, 0.1) is 24.0 Å². The van der Waals surface area contributed by atoms with E-state index in [1.807, 2.05) is 30.1 Å². The van der Waals surface area contributed by atoms with Gasteiger partial charge in [-0.15, -0.1) is 0 Å². The first-order valence-electron chi connectivity index (χ1n) is 23.5. The first-order chi connectivity index (χ1) is 31.9. The van der Waals surface area contributed by atoms with Crippen LogP contribution in [-0.2, 0) is 47.4 Å². The third-order valence-corrected chi connectivity index (χ3v) is 15.1. The van der Waals surface area contributed by atoms with Crippen molar-refractivity contribution in [1.29, 1.82) is 0 Å². The highest BCUT2D eigenvalue weighted by molar-refractivity contribution is 6.05. The van der Waals surface area contributed by atoms with E-state index < -0.39 is 18.4 Å². The summed E-state index contributed by atoms with van der Waals surface area (Å²) in [6.07, 6.45) is 8.96. The number of rotatable bonds is 9. The van der Waals surface area contributed by atoms with E-state index in [2.05, 4.69) is 30.8 Å². The number of nitrogens with zero attached hydrogens (tertiary/aromatic N) is 8. The molecule has 3 saturated heterocycles. The van der Waals surface area contributed by atoms with Gasteiger partial charge in [-0.2, -0.15) is 5.10 Å². The molecular weight excluding hydrogens is 845 g/mol. The number of fused-ring (bicyclic) bond motifs is 3. The van der Waals surface area contributed by atoms with Crippen LogP contribution >= 0.6 is 0 Å². The molecule has 6 aliphatic rings. The van der Waals surface area contributed by atoms with E-state index in [-0.39, 0.29) is 35.7 Å². The topological polar surface area (TPSA) is 171 Å². The first-order valence-corrected chi connectivity index (χ1v) is 23.5. The summed E-state index contributed by atoms with van der Waals surface area (Å²) in [6.45, 7) is 8.45. The average Bonchev–Trinajstić information content (AvgIpc) is 3.95. The van der Waals surface area contributed by atoms with Crippen LogP contribution in [0, 0.1) is 5.92 Å². The molecule has 0 saturated carbocycles. The van der Waals surface area contributed by atoms with Crippen molar-refractivity contribution in [3.05, 3.63) is 81.9 Å². The number of carbonyl (C=O) groups is 4. The van der Waals surface area contributed by atoms with Crippen LogP contribution in [0.5, 0.6) is 0 Å². The molecule has 348 valence electrons. The summed E-state index contributed by atoms with van der Waals surface area (Å²) < 4.78 is 34.1. The number of nitrogen functional groups attached to an aromatic ring is 1. The molecule has 66 heavy (non-hydrogen) atoms. The van der Waals surface area contributed by atoms with Crippen LogP contribution in [0.25, 0.3) is 17.2 Å². The number of hydrogen-bond donors (Lipinski definition) is 3. The maximum absolute atomic E-state index is 15.1. The maximum atomic E-state index is 15.1. The summed E-state index contributed by atoms with van der Waals surface area (Å²) in [5, 5.41) is 7.75. The minimum atomic E-state index is -2.74. The number of carbonyl (C=O) groups excluding carboxylic acids is 4. The number of alkyl halides is 2. The minimum absolute atomic E-state index is 0.00796. The molecule has 4 aromatic rings. The Morgan fingerprint density at radius 1 is 0.909 bits per heavy atom. The standard InChI is InChI=1S/C49H59F2N11O4/c1-29(63)59-21-14-40-39(28-59)47(60-16-3-4-31-23-36(37(46(50)51)24-43(31)60)38-27-56(2)41(9-15-52)45(38)53)55-62(40)33-12-17-57(18-13-33)25-30-10-19-58(20-11-30)34-5-6-35-32(22-34)26-61(49(35)66)42-7-8-44(64)54-48(42)65/h5-6,9,15,22-24,27,30,33,42,46H,3-4,7-8,10-14,16-21,25-26,28,52-53H2,1-2H3,(H,54,64,65)/b15-9-. The molecule has 5 N–H and O–H groups in total. The molecule has 8 heterocycles. The predicted octanol–water partition coefficient (Wildman–Crippen LogP) is 5.64. The van der Waals surface area contributed by atoms with Crippen molar-refractivity contribution in [2.24, 2.45) is 18.7 Å². The van der Waals surface area contributed by atoms with Crippen LogP contribution in [0.2, 0.25) is 0 Å². The lowest BCUT2D eigenvalue weighted by atomic mass is 9.92. The highest BCUT2D eigenvalue weighted by Crippen LogP contribution is 2.45. The number of anilines is 4.